The van der Waals surface area contributed by atoms with Crippen LogP contribution in [-0.2, 0) is 5.54 Å². The molecule has 1 aromatic heterocycles. The fourth-order valence-corrected chi connectivity index (χ4v) is 5.12. The van der Waals surface area contributed by atoms with Crippen molar-refractivity contribution in [2.75, 3.05) is 30.8 Å². The molecule has 0 bridgehead atoms. The number of nitrogens with two attached hydrogens (primary N) is 1. The van der Waals surface area contributed by atoms with Crippen LogP contribution < -0.4 is 10.6 Å². The second-order valence-electron chi connectivity index (χ2n) is 7.12. The molecule has 2 N–H and O–H groups in total. The molecule has 4 rings (SSSR count). The zero-order chi connectivity index (χ0) is 20.4. The van der Waals surface area contributed by atoms with Gasteiger partial charge in [-0.3, -0.25) is 9.98 Å². The van der Waals surface area contributed by atoms with Crippen LogP contribution in [0.1, 0.15) is 18.1 Å². The lowest BCUT2D eigenvalue weighted by molar-refractivity contribution is 0.387. The molecule has 0 spiro atoms. The minimum atomic E-state index is -0.498. The van der Waals surface area contributed by atoms with E-state index in [0.29, 0.717) is 17.3 Å². The van der Waals surface area contributed by atoms with Crippen LogP contribution in [0.4, 0.5) is 10.2 Å². The molecule has 0 unspecified atom stereocenters. The van der Waals surface area contributed by atoms with Gasteiger partial charge in [0.2, 0.25) is 5.97 Å². The van der Waals surface area contributed by atoms with Crippen LogP contribution in [0.3, 0.4) is 0 Å². The Morgan fingerprint density at radius 1 is 1.41 bits per heavy atom. The molecule has 0 saturated carbocycles. The second kappa shape index (κ2) is 7.94. The fourth-order valence-electron chi connectivity index (χ4n) is 4.14. The van der Waals surface area contributed by atoms with Crippen molar-refractivity contribution < 1.29 is 4.39 Å². The Labute approximate surface area is 173 Å². The van der Waals surface area contributed by atoms with E-state index in [1.54, 1.807) is 36.4 Å². The Morgan fingerprint density at radius 2 is 2.28 bits per heavy atom. The number of rotatable bonds is 4. The average molecular weight is 411 g/mol. The number of aliphatic imine (C=N–C) groups is 2. The molecule has 3 heterocycles. The molecule has 29 heavy (non-hydrogen) atoms. The predicted octanol–water partition coefficient (Wildman–Crippen LogP) is 3.27. The van der Waals surface area contributed by atoms with Gasteiger partial charge in [-0.1, -0.05) is 36.0 Å². The van der Waals surface area contributed by atoms with Gasteiger partial charge in [-0.25, -0.2) is 9.98 Å². The average Bonchev–Trinajstić information content (AvgIpc) is 3.15. The van der Waals surface area contributed by atoms with E-state index in [2.05, 4.69) is 25.9 Å². The number of nitrogens with zero attached hydrogens (tertiary/aromatic N) is 5. The third-order valence-electron chi connectivity index (χ3n) is 5.54. The van der Waals surface area contributed by atoms with Crippen molar-refractivity contribution in [3.05, 3.63) is 60.1 Å². The van der Waals surface area contributed by atoms with Crippen LogP contribution in [0.25, 0.3) is 5.57 Å². The van der Waals surface area contributed by atoms with Crippen molar-refractivity contribution in [3.8, 4) is 0 Å². The summed E-state index contributed by atoms with van der Waals surface area (Å²) in [5, 5.41) is 0.584. The molecule has 1 aromatic carbocycles. The Bertz CT molecular complexity index is 990. The van der Waals surface area contributed by atoms with Crippen LogP contribution in [-0.4, -0.2) is 47.0 Å². The van der Waals surface area contributed by atoms with E-state index in [4.69, 9.17) is 10.7 Å². The molecular weight excluding hydrogens is 387 g/mol. The molecule has 150 valence electrons. The van der Waals surface area contributed by atoms with Gasteiger partial charge in [0, 0.05) is 49.8 Å². The predicted molar refractivity (Wildman–Crippen MR) is 118 cm³/mol. The molecule has 6 nitrogen and oxygen atoms in total. The highest BCUT2D eigenvalue weighted by Crippen LogP contribution is 2.46. The third kappa shape index (κ3) is 3.53. The summed E-state index contributed by atoms with van der Waals surface area (Å²) in [6, 6.07) is 7.91. The Hall–Kier alpha value is -2.74. The zero-order valence-electron chi connectivity index (χ0n) is 16.4. The highest BCUT2D eigenvalue weighted by molar-refractivity contribution is 8.13. The van der Waals surface area contributed by atoms with Crippen LogP contribution in [0.15, 0.2) is 58.9 Å². The number of aromatic nitrogens is 2. The van der Waals surface area contributed by atoms with Gasteiger partial charge < -0.3 is 10.6 Å². The lowest BCUT2D eigenvalue weighted by Gasteiger charge is -2.35. The summed E-state index contributed by atoms with van der Waals surface area (Å²) in [5.74, 6) is 1.48. The van der Waals surface area contributed by atoms with E-state index >= 15 is 0 Å². The summed E-state index contributed by atoms with van der Waals surface area (Å²) in [4.78, 5) is 19.5. The first-order valence-electron chi connectivity index (χ1n) is 9.46. The van der Waals surface area contributed by atoms with Crippen LogP contribution >= 0.6 is 11.8 Å². The first-order chi connectivity index (χ1) is 14.1. The first-order valence-corrected chi connectivity index (χ1v) is 10.4. The van der Waals surface area contributed by atoms with Gasteiger partial charge >= 0.3 is 0 Å². The number of anilines is 1. The van der Waals surface area contributed by atoms with E-state index in [1.807, 2.05) is 25.1 Å². The van der Waals surface area contributed by atoms with Crippen molar-refractivity contribution in [1.29, 1.82) is 0 Å². The lowest BCUT2D eigenvalue weighted by Crippen LogP contribution is -2.40. The second-order valence-corrected chi connectivity index (χ2v) is 8.16. The maximum atomic E-state index is 14.3. The number of hydrogen-bond donors (Lipinski definition) is 1. The van der Waals surface area contributed by atoms with Crippen molar-refractivity contribution in [2.24, 2.45) is 21.6 Å². The summed E-state index contributed by atoms with van der Waals surface area (Å²) in [7, 11) is 1.45. The Kier molecular flexibility index (Phi) is 5.36. The number of benzene rings is 1. The maximum absolute atomic E-state index is 14.3. The first kappa shape index (κ1) is 19.6. The molecule has 2 aliphatic heterocycles. The van der Waals surface area contributed by atoms with Crippen molar-refractivity contribution in [1.82, 2.24) is 9.97 Å². The molecule has 0 radical (unpaired) electrons. The molecule has 1 fully saturated rings. The summed E-state index contributed by atoms with van der Waals surface area (Å²) in [6.07, 6.45) is 6.88. The minimum absolute atomic E-state index is 0.260. The number of allylic oxidation sites excluding steroid dienone is 2. The molecular formula is C21H23FN6S. The maximum Gasteiger partial charge on any atom is 0.215 e. The number of thioether (sulfide) groups is 1. The van der Waals surface area contributed by atoms with Crippen LogP contribution in [0.2, 0.25) is 0 Å². The van der Waals surface area contributed by atoms with Gasteiger partial charge in [-0.2, -0.15) is 4.39 Å². The molecule has 2 atom stereocenters. The van der Waals surface area contributed by atoms with Gasteiger partial charge in [0.05, 0.1) is 6.20 Å². The smallest absolute Gasteiger partial charge is 0.215 e. The van der Waals surface area contributed by atoms with Crippen LogP contribution in [0.5, 0.6) is 0 Å². The normalized spacial score (nSPS) is 25.0. The van der Waals surface area contributed by atoms with E-state index in [9.17, 15) is 4.39 Å². The van der Waals surface area contributed by atoms with Gasteiger partial charge in [-0.05, 0) is 24.1 Å². The third-order valence-corrected chi connectivity index (χ3v) is 6.50. The minimum Gasteiger partial charge on any atom is -0.379 e. The Morgan fingerprint density at radius 3 is 3.00 bits per heavy atom. The molecule has 8 heteroatoms. The largest absolute Gasteiger partial charge is 0.379 e. The number of fused-ring (bicyclic) bond motifs is 1. The fraction of sp³-hybridized carbons (Fsp3) is 0.333. The van der Waals surface area contributed by atoms with Gasteiger partial charge in [0.25, 0.3) is 0 Å². The van der Waals surface area contributed by atoms with Crippen molar-refractivity contribution in [3.63, 3.8) is 0 Å². The summed E-state index contributed by atoms with van der Waals surface area (Å²) in [6.45, 7) is 3.27. The van der Waals surface area contributed by atoms with Crippen LogP contribution in [0, 0.1) is 5.92 Å². The Balaban J connectivity index is 1.78. The van der Waals surface area contributed by atoms with E-state index < -0.39 is 11.5 Å². The van der Waals surface area contributed by atoms with E-state index in [-0.39, 0.29) is 5.92 Å². The van der Waals surface area contributed by atoms with Gasteiger partial charge in [0.15, 0.2) is 5.17 Å². The van der Waals surface area contributed by atoms with Gasteiger partial charge in [-0.15, -0.1) is 0 Å². The molecule has 2 aliphatic rings. The SMILES string of the molecule is C/C=C(\C(F)=N/C)c1cccc([C@]23CN(c4cnccn4)C[C@H]2CSC(N)=N3)c1. The topological polar surface area (TPSA) is 79.8 Å². The molecule has 1 saturated heterocycles. The lowest BCUT2D eigenvalue weighted by atomic mass is 9.81. The number of hydrogen-bond acceptors (Lipinski definition) is 7. The van der Waals surface area contributed by atoms with Gasteiger partial charge in [0.1, 0.15) is 11.4 Å². The number of halogens is 1. The standard InChI is InChI=1S/C21H23FN6S/c1-3-17(19(22)24-2)14-5-4-6-15(9-14)21-13-28(18-10-25-7-8-26-18)11-16(21)12-29-20(23)27-21/h3-10,16H,11-13H2,1-2H3,(H2,23,27)/b17-3-,24-19+/t16-,21+/m0/s1. The molecule has 2 aromatic rings. The van der Waals surface area contributed by atoms with E-state index in [0.717, 1.165) is 29.2 Å². The monoisotopic (exact) mass is 410 g/mol. The summed E-state index contributed by atoms with van der Waals surface area (Å²) >= 11 is 1.58. The molecule has 0 aliphatic carbocycles. The van der Waals surface area contributed by atoms with E-state index in [1.165, 1.54) is 7.05 Å². The summed E-state index contributed by atoms with van der Waals surface area (Å²) < 4.78 is 14.3. The highest BCUT2D eigenvalue weighted by atomic mass is 32.2. The number of amidine groups is 1. The summed E-state index contributed by atoms with van der Waals surface area (Å²) in [5.41, 5.74) is 7.96. The van der Waals surface area contributed by atoms with Crippen molar-refractivity contribution in [2.45, 2.75) is 12.5 Å². The quantitative estimate of drug-likeness (QED) is 0.783. The molecule has 0 amide bonds. The highest BCUT2D eigenvalue weighted by Gasteiger charge is 2.50. The zero-order valence-corrected chi connectivity index (χ0v) is 17.2. The van der Waals surface area contributed by atoms with Crippen molar-refractivity contribution >= 4 is 34.3 Å².